The van der Waals surface area contributed by atoms with E-state index < -0.39 is 0 Å². The molecule has 0 saturated carbocycles. The second kappa shape index (κ2) is 11.0. The first-order chi connectivity index (χ1) is 8.43. The van der Waals surface area contributed by atoms with E-state index >= 15 is 0 Å². The molecule has 0 saturated heterocycles. The average Bonchev–Trinajstić information content (AvgIpc) is 2.29. The van der Waals surface area contributed by atoms with E-state index in [9.17, 15) is 0 Å². The molecule has 1 aromatic rings. The molecule has 0 fully saturated rings. The van der Waals surface area contributed by atoms with E-state index in [4.69, 9.17) is 23.6 Å². The van der Waals surface area contributed by atoms with E-state index in [0.717, 1.165) is 0 Å². The van der Waals surface area contributed by atoms with E-state index in [2.05, 4.69) is 57.8 Å². The van der Waals surface area contributed by atoms with Gasteiger partial charge in [0.2, 0.25) is 0 Å². The first kappa shape index (κ1) is 19.3. The zero-order valence-corrected chi connectivity index (χ0v) is 15.8. The quantitative estimate of drug-likeness (QED) is 0.365. The molecule has 0 aliphatic rings. The Labute approximate surface area is 130 Å². The second-order valence-corrected chi connectivity index (χ2v) is 9.94. The van der Waals surface area contributed by atoms with Gasteiger partial charge in [0.25, 0.3) is 0 Å². The van der Waals surface area contributed by atoms with Gasteiger partial charge in [0, 0.05) is 8.15 Å². The van der Waals surface area contributed by atoms with Gasteiger partial charge in [0.05, 0.1) is 6.10 Å². The molecule has 0 N–H and O–H groups in total. The third-order valence-corrected chi connectivity index (χ3v) is 4.12. The predicted octanol–water partition coefficient (Wildman–Crippen LogP) is 5.33. The SMILES string of the molecule is [CH2-]P(C)c1ccccc1[C@@H](C)OP(C)C.[Cl][Pd][Cl]. The normalized spacial score (nSPS) is 14.0. The van der Waals surface area contributed by atoms with Gasteiger partial charge in [-0.15, -0.1) is 0 Å². The number of rotatable bonds is 4. The minimum atomic E-state index is -0.308. The summed E-state index contributed by atoms with van der Waals surface area (Å²) in [4.78, 5) is 0. The Hall–Kier alpha value is 1.28. The van der Waals surface area contributed by atoms with Crippen molar-refractivity contribution in [2.75, 3.05) is 20.0 Å². The van der Waals surface area contributed by atoms with Crippen molar-refractivity contribution >= 4 is 40.4 Å². The summed E-state index contributed by atoms with van der Waals surface area (Å²) in [5, 5.41) is 1.36. The molecular formula is C12H19Cl2OP2Pd-. The van der Waals surface area contributed by atoms with Crippen LogP contribution in [0.5, 0.6) is 0 Å². The molecule has 0 radical (unpaired) electrons. The van der Waals surface area contributed by atoms with Crippen molar-refractivity contribution in [3.05, 3.63) is 36.5 Å². The Morgan fingerprint density at radius 1 is 1.22 bits per heavy atom. The topological polar surface area (TPSA) is 9.23 Å². The molecule has 0 amide bonds. The van der Waals surface area contributed by atoms with Crippen molar-refractivity contribution in [1.82, 2.24) is 0 Å². The van der Waals surface area contributed by atoms with E-state index in [-0.39, 0.29) is 38.1 Å². The summed E-state index contributed by atoms with van der Waals surface area (Å²) in [6, 6.07) is 8.48. The van der Waals surface area contributed by atoms with Gasteiger partial charge >= 0.3 is 35.0 Å². The van der Waals surface area contributed by atoms with Gasteiger partial charge < -0.3 is 11.2 Å². The van der Waals surface area contributed by atoms with Crippen molar-refractivity contribution in [3.8, 4) is 0 Å². The fraction of sp³-hybridized carbons (Fsp3) is 0.417. The third-order valence-electron chi connectivity index (χ3n) is 2.15. The van der Waals surface area contributed by atoms with E-state index in [0.29, 0.717) is 0 Å². The molecule has 1 unspecified atom stereocenters. The maximum absolute atomic E-state index is 5.87. The van der Waals surface area contributed by atoms with Crippen LogP contribution in [0.25, 0.3) is 0 Å². The van der Waals surface area contributed by atoms with Gasteiger partial charge in [-0.05, 0) is 31.1 Å². The standard InChI is InChI=1S/C12H19OP2.2ClH.Pd/c1-10(13-15(4)5)11-8-6-7-9-12(11)14(2)3;;;/h6-10H,2H2,1,3-5H3;2*1H;/q-1;;;+2/p-2/t10-,14?;;;/m1.../s1. The fourth-order valence-electron chi connectivity index (χ4n) is 1.55. The molecule has 1 rings (SSSR count). The molecular weight excluding hydrogens is 399 g/mol. The molecule has 1 aromatic carbocycles. The molecule has 0 aromatic heterocycles. The second-order valence-electron chi connectivity index (χ2n) is 3.86. The van der Waals surface area contributed by atoms with Gasteiger partial charge in [0.1, 0.15) is 0 Å². The summed E-state index contributed by atoms with van der Waals surface area (Å²) >= 11 is -0.106. The number of hydrogen-bond donors (Lipinski definition) is 0. The fourth-order valence-corrected chi connectivity index (χ4v) is 3.34. The van der Waals surface area contributed by atoms with Crippen molar-refractivity contribution in [1.29, 1.82) is 0 Å². The zero-order valence-electron chi connectivity index (χ0n) is 11.0. The molecule has 0 aliphatic heterocycles. The summed E-state index contributed by atoms with van der Waals surface area (Å²) in [6.45, 7) is 12.7. The molecule has 0 spiro atoms. The maximum atomic E-state index is 5.87. The summed E-state index contributed by atoms with van der Waals surface area (Å²) in [7, 11) is 9.02. The van der Waals surface area contributed by atoms with Gasteiger partial charge in [0.15, 0.2) is 0 Å². The number of benzene rings is 1. The van der Waals surface area contributed by atoms with E-state index in [1.807, 2.05) is 0 Å². The van der Waals surface area contributed by atoms with Crippen molar-refractivity contribution in [2.24, 2.45) is 0 Å². The van der Waals surface area contributed by atoms with Gasteiger partial charge in [-0.3, -0.25) is 0 Å². The van der Waals surface area contributed by atoms with Gasteiger partial charge in [-0.2, -0.15) is 0 Å². The Morgan fingerprint density at radius 3 is 2.17 bits per heavy atom. The first-order valence-electron chi connectivity index (χ1n) is 5.23. The zero-order chi connectivity index (χ0) is 14.1. The number of hydrogen-bond acceptors (Lipinski definition) is 1. The molecule has 18 heavy (non-hydrogen) atoms. The van der Waals surface area contributed by atoms with Crippen molar-refractivity contribution < 1.29 is 20.5 Å². The van der Waals surface area contributed by atoms with Gasteiger partial charge in [-0.25, -0.2) is 7.92 Å². The van der Waals surface area contributed by atoms with Crippen molar-refractivity contribution in [2.45, 2.75) is 13.0 Å². The van der Waals surface area contributed by atoms with Crippen LogP contribution in [-0.4, -0.2) is 20.0 Å². The van der Waals surface area contributed by atoms with Crippen LogP contribution in [0.1, 0.15) is 18.6 Å². The molecule has 0 heterocycles. The minimum absolute atomic E-state index is 0.106. The van der Waals surface area contributed by atoms with Crippen molar-refractivity contribution in [3.63, 3.8) is 0 Å². The summed E-state index contributed by atoms with van der Waals surface area (Å²) in [6.07, 6.45) is 0.189. The van der Waals surface area contributed by atoms with Crippen LogP contribution < -0.4 is 5.30 Å². The average molecular weight is 419 g/mol. The van der Waals surface area contributed by atoms with E-state index in [1.54, 1.807) is 0 Å². The number of halogens is 2. The third kappa shape index (κ3) is 7.77. The summed E-state index contributed by atoms with van der Waals surface area (Å²) in [5.74, 6) is 0. The Balaban J connectivity index is 0.000000873. The van der Waals surface area contributed by atoms with Crippen LogP contribution in [0.4, 0.5) is 0 Å². The van der Waals surface area contributed by atoms with Crippen LogP contribution in [-0.2, 0) is 20.5 Å². The van der Waals surface area contributed by atoms with Crippen LogP contribution >= 0.6 is 35.1 Å². The molecule has 2 atom stereocenters. The summed E-state index contributed by atoms with van der Waals surface area (Å²) < 4.78 is 5.87. The molecule has 1 nitrogen and oxygen atoms in total. The van der Waals surface area contributed by atoms with Crippen LogP contribution in [0, 0.1) is 6.66 Å². The van der Waals surface area contributed by atoms with Gasteiger partial charge in [-0.1, -0.05) is 30.9 Å². The Kier molecular flexibility index (Phi) is 11.8. The molecule has 0 aliphatic carbocycles. The molecule has 6 heteroatoms. The molecule has 0 bridgehead atoms. The van der Waals surface area contributed by atoms with E-state index in [1.165, 1.54) is 10.9 Å². The van der Waals surface area contributed by atoms with Crippen LogP contribution in [0.2, 0.25) is 0 Å². The van der Waals surface area contributed by atoms with Crippen LogP contribution in [0.15, 0.2) is 24.3 Å². The Morgan fingerprint density at radius 2 is 1.72 bits per heavy atom. The van der Waals surface area contributed by atoms with Crippen LogP contribution in [0.3, 0.4) is 0 Å². The summed E-state index contributed by atoms with van der Waals surface area (Å²) in [5.41, 5.74) is 1.30. The monoisotopic (exact) mass is 417 g/mol. The predicted molar refractivity (Wildman–Crippen MR) is 84.3 cm³/mol. The first-order valence-corrected chi connectivity index (χ1v) is 13.4. The Bertz CT molecular complexity index is 338. The molecule has 108 valence electrons.